The number of anilines is 1. The molecule has 0 spiro atoms. The van der Waals surface area contributed by atoms with Crippen LogP contribution in [0.1, 0.15) is 25.3 Å². The maximum absolute atomic E-state index is 10.4. The van der Waals surface area contributed by atoms with E-state index in [-0.39, 0.29) is 0 Å². The summed E-state index contributed by atoms with van der Waals surface area (Å²) in [4.78, 5) is 4.46. The Morgan fingerprint density at radius 1 is 1.24 bits per heavy atom. The summed E-state index contributed by atoms with van der Waals surface area (Å²) in [6.07, 6.45) is 1.78. The number of aliphatic hydroxyl groups excluding tert-OH is 1. The molecule has 1 saturated heterocycles. The summed E-state index contributed by atoms with van der Waals surface area (Å²) < 4.78 is 16.5. The van der Waals surface area contributed by atoms with Gasteiger partial charge in [0.1, 0.15) is 5.69 Å². The molecule has 1 atom stereocenters. The first-order valence-electron chi connectivity index (χ1n) is 10.5. The highest BCUT2D eigenvalue weighted by atomic mass is 16.5. The Hall–Kier alpha value is -1.93. The smallest absolute Gasteiger partial charge is 0.232 e. The van der Waals surface area contributed by atoms with Crippen LogP contribution in [0.15, 0.2) is 34.9 Å². The molecule has 7 heteroatoms. The number of ether oxygens (including phenoxy) is 2. The number of nitrogens with zero attached hydrogens (tertiary/aromatic N) is 3. The predicted octanol–water partition coefficient (Wildman–Crippen LogP) is 2.79. The minimum Gasteiger partial charge on any atom is -0.389 e. The molecule has 1 aromatic carbocycles. The second kappa shape index (κ2) is 11.3. The Bertz CT molecular complexity index is 716. The van der Waals surface area contributed by atoms with Crippen LogP contribution in [0.4, 0.5) is 5.88 Å². The molecule has 1 aliphatic rings. The highest BCUT2D eigenvalue weighted by Gasteiger charge is 2.26. The molecule has 1 aromatic heterocycles. The van der Waals surface area contributed by atoms with Crippen LogP contribution in [-0.2, 0) is 16.0 Å². The highest BCUT2D eigenvalue weighted by Crippen LogP contribution is 2.34. The molecule has 1 unspecified atom stereocenters. The van der Waals surface area contributed by atoms with Crippen LogP contribution in [-0.4, -0.2) is 74.4 Å². The van der Waals surface area contributed by atoms with Crippen molar-refractivity contribution in [1.29, 1.82) is 0 Å². The zero-order chi connectivity index (χ0) is 20.5. The van der Waals surface area contributed by atoms with E-state index < -0.39 is 6.10 Å². The number of aliphatic hydroxyl groups is 1. The average molecular weight is 404 g/mol. The molecule has 3 rings (SSSR count). The Balaban J connectivity index is 1.85. The molecule has 0 amide bonds. The van der Waals surface area contributed by atoms with Crippen molar-refractivity contribution in [2.45, 2.75) is 32.4 Å². The Labute approximate surface area is 173 Å². The maximum atomic E-state index is 10.4. The predicted molar refractivity (Wildman–Crippen MR) is 113 cm³/mol. The zero-order valence-electron chi connectivity index (χ0n) is 17.5. The molecule has 160 valence electrons. The molecular weight excluding hydrogens is 370 g/mol. The molecule has 1 fully saturated rings. The summed E-state index contributed by atoms with van der Waals surface area (Å²) in [5.41, 5.74) is 2.98. The van der Waals surface area contributed by atoms with Gasteiger partial charge >= 0.3 is 0 Å². The van der Waals surface area contributed by atoms with Crippen LogP contribution in [0.2, 0.25) is 0 Å². The maximum Gasteiger partial charge on any atom is 0.232 e. The van der Waals surface area contributed by atoms with Crippen LogP contribution in [0.3, 0.4) is 0 Å². The lowest BCUT2D eigenvalue weighted by Crippen LogP contribution is -2.37. The Kier molecular flexibility index (Phi) is 8.49. The minimum absolute atomic E-state index is 0.328. The molecule has 0 radical (unpaired) electrons. The van der Waals surface area contributed by atoms with Crippen molar-refractivity contribution in [3.63, 3.8) is 0 Å². The monoisotopic (exact) mass is 403 g/mol. The van der Waals surface area contributed by atoms with Gasteiger partial charge in [-0.25, -0.2) is 0 Å². The third kappa shape index (κ3) is 6.02. The summed E-state index contributed by atoms with van der Waals surface area (Å²) in [5.74, 6) is 0.850. The molecular formula is C22H33N3O4. The summed E-state index contributed by atoms with van der Waals surface area (Å²) >= 11 is 0. The molecule has 1 aliphatic heterocycles. The fourth-order valence-electron chi connectivity index (χ4n) is 3.72. The molecule has 0 bridgehead atoms. The summed E-state index contributed by atoms with van der Waals surface area (Å²) in [6, 6.07) is 10.1. The van der Waals surface area contributed by atoms with Gasteiger partial charge in [0.05, 0.1) is 24.9 Å². The van der Waals surface area contributed by atoms with E-state index in [0.29, 0.717) is 39.5 Å². The lowest BCUT2D eigenvalue weighted by atomic mass is 10.1. The van der Waals surface area contributed by atoms with E-state index in [0.717, 1.165) is 35.8 Å². The van der Waals surface area contributed by atoms with E-state index in [9.17, 15) is 5.11 Å². The van der Waals surface area contributed by atoms with Gasteiger partial charge in [-0.2, -0.15) is 0 Å². The van der Waals surface area contributed by atoms with Crippen molar-refractivity contribution in [3.05, 3.63) is 35.9 Å². The van der Waals surface area contributed by atoms with E-state index in [1.165, 1.54) is 12.8 Å². The highest BCUT2D eigenvalue weighted by molar-refractivity contribution is 5.68. The van der Waals surface area contributed by atoms with Gasteiger partial charge < -0.3 is 24.0 Å². The summed E-state index contributed by atoms with van der Waals surface area (Å²) in [5, 5.41) is 14.8. The van der Waals surface area contributed by atoms with Crippen molar-refractivity contribution in [3.8, 4) is 11.3 Å². The number of hydrogen-bond donors (Lipinski definition) is 1. The lowest BCUT2D eigenvalue weighted by Gasteiger charge is -2.26. The van der Waals surface area contributed by atoms with E-state index in [2.05, 4.69) is 27.1 Å². The van der Waals surface area contributed by atoms with E-state index in [1.807, 2.05) is 25.1 Å². The van der Waals surface area contributed by atoms with Crippen LogP contribution in [0, 0.1) is 0 Å². The Morgan fingerprint density at radius 3 is 2.69 bits per heavy atom. The van der Waals surface area contributed by atoms with Crippen molar-refractivity contribution in [1.82, 2.24) is 10.1 Å². The molecule has 1 N–H and O–H groups in total. The van der Waals surface area contributed by atoms with Crippen LogP contribution in [0.25, 0.3) is 11.3 Å². The molecule has 0 aliphatic carbocycles. The second-order valence-corrected chi connectivity index (χ2v) is 7.42. The van der Waals surface area contributed by atoms with Crippen molar-refractivity contribution in [2.75, 3.05) is 58.0 Å². The molecule has 29 heavy (non-hydrogen) atoms. The number of methoxy groups -OCH3 is 1. The van der Waals surface area contributed by atoms with Gasteiger partial charge in [0.15, 0.2) is 0 Å². The molecule has 2 heterocycles. The fourth-order valence-corrected chi connectivity index (χ4v) is 3.72. The van der Waals surface area contributed by atoms with E-state index in [1.54, 1.807) is 7.11 Å². The van der Waals surface area contributed by atoms with Gasteiger partial charge in [0.25, 0.3) is 0 Å². The van der Waals surface area contributed by atoms with Gasteiger partial charge in [0, 0.05) is 52.0 Å². The summed E-state index contributed by atoms with van der Waals surface area (Å²) in [7, 11) is 1.69. The molecule has 2 aromatic rings. The number of hydrogen-bond acceptors (Lipinski definition) is 7. The number of aromatic nitrogens is 1. The Morgan fingerprint density at radius 2 is 2.00 bits per heavy atom. The summed E-state index contributed by atoms with van der Waals surface area (Å²) in [6.45, 7) is 7.26. The van der Waals surface area contributed by atoms with Gasteiger partial charge in [-0.3, -0.25) is 4.90 Å². The topological polar surface area (TPSA) is 71.2 Å². The van der Waals surface area contributed by atoms with Gasteiger partial charge in [-0.05, 0) is 19.8 Å². The first-order valence-corrected chi connectivity index (χ1v) is 10.5. The standard InChI is InChI=1S/C22H33N3O4/c1-3-28-17-19(26)15-24(13-14-27-2)16-20-21(18-9-5-4-6-10-18)23-29-22(20)25-11-7-8-12-25/h4-6,9-10,19,26H,3,7-8,11-17H2,1-2H3. The van der Waals surface area contributed by atoms with Crippen LogP contribution >= 0.6 is 0 Å². The lowest BCUT2D eigenvalue weighted by molar-refractivity contribution is 0.0149. The van der Waals surface area contributed by atoms with Crippen LogP contribution < -0.4 is 4.90 Å². The van der Waals surface area contributed by atoms with Gasteiger partial charge in [0.2, 0.25) is 5.88 Å². The molecule has 7 nitrogen and oxygen atoms in total. The van der Waals surface area contributed by atoms with Gasteiger partial charge in [-0.1, -0.05) is 35.5 Å². The zero-order valence-corrected chi connectivity index (χ0v) is 17.5. The fraction of sp³-hybridized carbons (Fsp3) is 0.591. The minimum atomic E-state index is -0.554. The number of rotatable bonds is 12. The average Bonchev–Trinajstić information content (AvgIpc) is 3.41. The first kappa shape index (κ1) is 21.8. The number of benzene rings is 1. The second-order valence-electron chi connectivity index (χ2n) is 7.42. The molecule has 0 saturated carbocycles. The van der Waals surface area contributed by atoms with Crippen molar-refractivity contribution < 1.29 is 19.1 Å². The van der Waals surface area contributed by atoms with E-state index in [4.69, 9.17) is 14.0 Å². The first-order chi connectivity index (χ1) is 14.2. The van der Waals surface area contributed by atoms with Crippen molar-refractivity contribution in [2.24, 2.45) is 0 Å². The SMILES string of the molecule is CCOCC(O)CN(CCOC)Cc1c(-c2ccccc2)noc1N1CCCC1. The largest absolute Gasteiger partial charge is 0.389 e. The van der Waals surface area contributed by atoms with E-state index >= 15 is 0 Å². The van der Waals surface area contributed by atoms with Crippen LogP contribution in [0.5, 0.6) is 0 Å². The third-order valence-corrected chi connectivity index (χ3v) is 5.18. The van der Waals surface area contributed by atoms with Gasteiger partial charge in [-0.15, -0.1) is 0 Å². The third-order valence-electron chi connectivity index (χ3n) is 5.18. The normalized spacial score (nSPS) is 15.4. The quantitative estimate of drug-likeness (QED) is 0.584. The van der Waals surface area contributed by atoms with Crippen molar-refractivity contribution >= 4 is 5.88 Å².